The normalized spacial score (nSPS) is 12.1. The highest BCUT2D eigenvalue weighted by Crippen LogP contribution is 2.32. The number of primary amides is 1. The third kappa shape index (κ3) is 2.49. The first-order valence-electron chi connectivity index (χ1n) is 7.18. The maximum Gasteiger partial charge on any atom is 0.416 e. The van der Waals surface area contributed by atoms with E-state index in [0.717, 1.165) is 12.1 Å². The molecule has 0 radical (unpaired) electrons. The van der Waals surface area contributed by atoms with E-state index < -0.39 is 17.6 Å². The van der Waals surface area contributed by atoms with E-state index in [1.165, 1.54) is 6.07 Å². The molecule has 0 saturated carbocycles. The number of nitrogens with zero attached hydrogens (tertiary/aromatic N) is 2. The van der Waals surface area contributed by atoms with Crippen LogP contribution in [-0.4, -0.2) is 26.1 Å². The highest BCUT2D eigenvalue weighted by Gasteiger charge is 2.30. The molecule has 2 heterocycles. The molecule has 0 saturated heterocycles. The molecule has 0 bridgehead atoms. The highest BCUT2D eigenvalue weighted by atomic mass is 19.4. The number of aromatic nitrogens is 4. The van der Waals surface area contributed by atoms with Gasteiger partial charge in [-0.05, 0) is 36.4 Å². The quantitative estimate of drug-likeness (QED) is 0.520. The summed E-state index contributed by atoms with van der Waals surface area (Å²) in [5.74, 6) is -0.296. The van der Waals surface area contributed by atoms with Crippen molar-refractivity contribution < 1.29 is 18.0 Å². The molecule has 0 aliphatic carbocycles. The summed E-state index contributed by atoms with van der Waals surface area (Å²) in [5, 5.41) is 7.52. The molecule has 4 aromatic rings. The molecule has 2 aromatic carbocycles. The second kappa shape index (κ2) is 5.07. The van der Waals surface area contributed by atoms with Crippen molar-refractivity contribution in [3.8, 4) is 11.5 Å². The van der Waals surface area contributed by atoms with Crippen LogP contribution in [0.3, 0.4) is 0 Å². The molecular weight excluding hydrogens is 335 g/mol. The Morgan fingerprint density at radius 2 is 1.88 bits per heavy atom. The van der Waals surface area contributed by atoms with Crippen molar-refractivity contribution in [2.24, 2.45) is 5.73 Å². The molecule has 4 rings (SSSR count). The van der Waals surface area contributed by atoms with Gasteiger partial charge >= 0.3 is 6.18 Å². The van der Waals surface area contributed by atoms with Crippen molar-refractivity contribution in [1.29, 1.82) is 0 Å². The van der Waals surface area contributed by atoms with Gasteiger partial charge in [-0.2, -0.15) is 18.3 Å². The van der Waals surface area contributed by atoms with E-state index in [2.05, 4.69) is 20.2 Å². The molecule has 25 heavy (non-hydrogen) atoms. The summed E-state index contributed by atoms with van der Waals surface area (Å²) in [5.41, 5.74) is 6.48. The van der Waals surface area contributed by atoms with Crippen molar-refractivity contribution in [3.63, 3.8) is 0 Å². The number of nitrogens with two attached hydrogens (primary N) is 1. The van der Waals surface area contributed by atoms with Crippen LogP contribution in [-0.2, 0) is 6.18 Å². The number of amides is 1. The number of aromatic amines is 2. The Kier molecular flexibility index (Phi) is 3.08. The molecule has 0 aliphatic rings. The predicted octanol–water partition coefficient (Wildman–Crippen LogP) is 3.22. The largest absolute Gasteiger partial charge is 0.416 e. The topological polar surface area (TPSA) is 100 Å². The van der Waals surface area contributed by atoms with Crippen LogP contribution in [0.15, 0.2) is 36.4 Å². The van der Waals surface area contributed by atoms with E-state index in [0.29, 0.717) is 33.5 Å². The second-order valence-corrected chi connectivity index (χ2v) is 5.51. The van der Waals surface area contributed by atoms with Gasteiger partial charge in [-0.15, -0.1) is 0 Å². The number of rotatable bonds is 2. The van der Waals surface area contributed by atoms with Gasteiger partial charge in [-0.1, -0.05) is 0 Å². The highest BCUT2D eigenvalue weighted by molar-refractivity contribution is 6.00. The lowest BCUT2D eigenvalue weighted by Gasteiger charge is -2.05. The van der Waals surface area contributed by atoms with Gasteiger partial charge in [0.25, 0.3) is 0 Å². The van der Waals surface area contributed by atoms with Crippen LogP contribution >= 0.6 is 0 Å². The van der Waals surface area contributed by atoms with Crippen molar-refractivity contribution >= 4 is 27.8 Å². The van der Waals surface area contributed by atoms with Gasteiger partial charge in [0, 0.05) is 10.9 Å². The standard InChI is InChI=1S/C16H10F3N5O/c17-16(18,19)8-2-4-11-12(6-8)22-15(21-11)13-9-5-7(14(20)25)1-3-10(9)23-24-13/h1-6H,(H2,20,25)(H,21,22)(H,23,24). The molecule has 0 atom stereocenters. The first-order valence-corrected chi connectivity index (χ1v) is 7.18. The van der Waals surface area contributed by atoms with Gasteiger partial charge in [-0.3, -0.25) is 9.89 Å². The van der Waals surface area contributed by atoms with Gasteiger partial charge in [0.2, 0.25) is 5.91 Å². The average molecular weight is 345 g/mol. The maximum atomic E-state index is 12.8. The molecule has 1 amide bonds. The van der Waals surface area contributed by atoms with E-state index in [4.69, 9.17) is 5.73 Å². The first kappa shape index (κ1) is 15.2. The molecule has 2 aromatic heterocycles. The molecule has 6 nitrogen and oxygen atoms in total. The van der Waals surface area contributed by atoms with Gasteiger partial charge in [0.1, 0.15) is 5.69 Å². The van der Waals surface area contributed by atoms with Crippen molar-refractivity contribution in [3.05, 3.63) is 47.5 Å². The summed E-state index contributed by atoms with van der Waals surface area (Å²) in [6.45, 7) is 0. The number of fused-ring (bicyclic) bond motifs is 2. The Labute approximate surface area is 137 Å². The Morgan fingerprint density at radius 1 is 1.08 bits per heavy atom. The summed E-state index contributed by atoms with van der Waals surface area (Å²) < 4.78 is 38.5. The zero-order valence-corrected chi connectivity index (χ0v) is 12.5. The number of hydrogen-bond donors (Lipinski definition) is 3. The Bertz CT molecular complexity index is 1130. The number of benzene rings is 2. The van der Waals surface area contributed by atoms with Gasteiger partial charge in [0.15, 0.2) is 5.82 Å². The number of imidazole rings is 1. The van der Waals surface area contributed by atoms with E-state index >= 15 is 0 Å². The van der Waals surface area contributed by atoms with Gasteiger partial charge in [-0.25, -0.2) is 4.98 Å². The second-order valence-electron chi connectivity index (χ2n) is 5.51. The van der Waals surface area contributed by atoms with Crippen LogP contribution in [0, 0.1) is 0 Å². The van der Waals surface area contributed by atoms with Crippen LogP contribution < -0.4 is 5.73 Å². The number of carbonyl (C=O) groups is 1. The predicted molar refractivity (Wildman–Crippen MR) is 84.7 cm³/mol. The molecule has 9 heteroatoms. The van der Waals surface area contributed by atoms with E-state index in [1.54, 1.807) is 18.2 Å². The number of halogens is 3. The van der Waals surface area contributed by atoms with E-state index in [1.807, 2.05) is 0 Å². The van der Waals surface area contributed by atoms with Gasteiger partial charge in [0.05, 0.1) is 22.1 Å². The Morgan fingerprint density at radius 3 is 2.60 bits per heavy atom. The fourth-order valence-electron chi connectivity index (χ4n) is 2.65. The molecule has 0 fully saturated rings. The minimum Gasteiger partial charge on any atom is -0.366 e. The van der Waals surface area contributed by atoms with E-state index in [-0.39, 0.29) is 5.52 Å². The van der Waals surface area contributed by atoms with Gasteiger partial charge < -0.3 is 10.7 Å². The molecule has 4 N–H and O–H groups in total. The Balaban J connectivity index is 1.88. The van der Waals surface area contributed by atoms with Crippen LogP contribution in [0.2, 0.25) is 0 Å². The van der Waals surface area contributed by atoms with Crippen LogP contribution in [0.25, 0.3) is 33.5 Å². The number of nitrogens with one attached hydrogen (secondary N) is 2. The zero-order chi connectivity index (χ0) is 17.8. The lowest BCUT2D eigenvalue weighted by atomic mass is 10.1. The van der Waals surface area contributed by atoms with Crippen LogP contribution in [0.4, 0.5) is 13.2 Å². The fraction of sp³-hybridized carbons (Fsp3) is 0.0625. The van der Waals surface area contributed by atoms with E-state index in [9.17, 15) is 18.0 Å². The summed E-state index contributed by atoms with van der Waals surface area (Å²) in [4.78, 5) is 18.5. The van der Waals surface area contributed by atoms with Crippen LogP contribution in [0.1, 0.15) is 15.9 Å². The summed E-state index contributed by atoms with van der Waals surface area (Å²) in [7, 11) is 0. The fourth-order valence-corrected chi connectivity index (χ4v) is 2.65. The minimum absolute atomic E-state index is 0.243. The van der Waals surface area contributed by atoms with Crippen LogP contribution in [0.5, 0.6) is 0 Å². The maximum absolute atomic E-state index is 12.8. The minimum atomic E-state index is -4.44. The molecule has 0 unspecified atom stereocenters. The molecule has 126 valence electrons. The number of carbonyl (C=O) groups excluding carboxylic acids is 1. The lowest BCUT2D eigenvalue weighted by Crippen LogP contribution is -2.10. The summed E-state index contributed by atoms with van der Waals surface area (Å²) in [6.07, 6.45) is -4.44. The van der Waals surface area contributed by atoms with Crippen molar-refractivity contribution in [1.82, 2.24) is 20.2 Å². The third-order valence-electron chi connectivity index (χ3n) is 3.88. The summed E-state index contributed by atoms with van der Waals surface area (Å²) >= 11 is 0. The third-order valence-corrected chi connectivity index (χ3v) is 3.88. The number of H-pyrrole nitrogens is 2. The summed E-state index contributed by atoms with van der Waals surface area (Å²) in [6, 6.07) is 8.03. The number of alkyl halides is 3. The molecule has 0 spiro atoms. The lowest BCUT2D eigenvalue weighted by molar-refractivity contribution is -0.137. The van der Waals surface area contributed by atoms with Crippen molar-refractivity contribution in [2.45, 2.75) is 6.18 Å². The monoisotopic (exact) mass is 345 g/mol. The van der Waals surface area contributed by atoms with Crippen molar-refractivity contribution in [2.75, 3.05) is 0 Å². The number of hydrogen-bond acceptors (Lipinski definition) is 3. The Hall–Kier alpha value is -3.36. The molecular formula is C16H10F3N5O. The first-order chi connectivity index (χ1) is 11.8. The zero-order valence-electron chi connectivity index (χ0n) is 12.5. The average Bonchev–Trinajstić information content (AvgIpc) is 3.15. The smallest absolute Gasteiger partial charge is 0.366 e. The molecule has 0 aliphatic heterocycles. The SMILES string of the molecule is NC(=O)c1ccc2[nH]nc(-c3nc4ccc(C(F)(F)F)cc4[nH]3)c2c1.